The molecule has 0 spiro atoms. The second kappa shape index (κ2) is 3.25. The Labute approximate surface area is 82.4 Å². The fraction of sp³-hybridized carbons (Fsp3) is 0.444. The van der Waals surface area contributed by atoms with Crippen LogP contribution in [0.15, 0.2) is 12.4 Å². The van der Waals surface area contributed by atoms with Gasteiger partial charge in [0.1, 0.15) is 18.7 Å². The molecule has 2 aromatic heterocycles. The van der Waals surface area contributed by atoms with Crippen LogP contribution in [-0.4, -0.2) is 24.5 Å². The average Bonchev–Trinajstić information content (AvgIpc) is 2.62. The van der Waals surface area contributed by atoms with Gasteiger partial charge < -0.3 is 0 Å². The number of aromatic nitrogens is 5. The lowest BCUT2D eigenvalue weighted by Gasteiger charge is -2.02. The highest BCUT2D eigenvalue weighted by Gasteiger charge is 2.05. The second-order valence-corrected chi connectivity index (χ2v) is 3.38. The zero-order chi connectivity index (χ0) is 10.1. The summed E-state index contributed by atoms with van der Waals surface area (Å²) < 4.78 is 3.69. The van der Waals surface area contributed by atoms with E-state index in [9.17, 15) is 0 Å². The van der Waals surface area contributed by atoms with Gasteiger partial charge in [-0.2, -0.15) is 10.2 Å². The molecule has 0 N–H and O–H groups in total. The first kappa shape index (κ1) is 8.93. The highest BCUT2D eigenvalue weighted by molar-refractivity contribution is 5.07. The molecule has 0 unspecified atom stereocenters. The van der Waals surface area contributed by atoms with Gasteiger partial charge in [0.25, 0.3) is 0 Å². The Morgan fingerprint density at radius 2 is 2.14 bits per heavy atom. The number of hydrogen-bond donors (Lipinski definition) is 0. The lowest BCUT2D eigenvalue weighted by molar-refractivity contribution is 0.593. The zero-order valence-electron chi connectivity index (χ0n) is 8.60. The standard InChI is InChI=1S/C9H13N5/c1-7-4-8(2)14(12-7)5-9-10-6-11-13(9)3/h4,6H,5H2,1-3H3. The first-order valence-electron chi connectivity index (χ1n) is 4.51. The molecule has 2 aromatic rings. The molecule has 2 heterocycles. The molecular weight excluding hydrogens is 178 g/mol. The van der Waals surface area contributed by atoms with Crippen molar-refractivity contribution in [3.8, 4) is 0 Å². The fourth-order valence-corrected chi connectivity index (χ4v) is 1.43. The minimum atomic E-state index is 0.677. The van der Waals surface area contributed by atoms with Gasteiger partial charge in [0.2, 0.25) is 0 Å². The summed E-state index contributed by atoms with van der Waals surface area (Å²) in [5, 5.41) is 8.38. The normalized spacial score (nSPS) is 10.8. The van der Waals surface area contributed by atoms with E-state index < -0.39 is 0 Å². The fourth-order valence-electron chi connectivity index (χ4n) is 1.43. The third-order valence-electron chi connectivity index (χ3n) is 2.20. The van der Waals surface area contributed by atoms with E-state index in [4.69, 9.17) is 0 Å². The van der Waals surface area contributed by atoms with Crippen LogP contribution >= 0.6 is 0 Å². The molecule has 14 heavy (non-hydrogen) atoms. The maximum Gasteiger partial charge on any atom is 0.148 e. The van der Waals surface area contributed by atoms with Crippen LogP contribution in [0, 0.1) is 13.8 Å². The molecule has 0 aliphatic carbocycles. The van der Waals surface area contributed by atoms with Gasteiger partial charge in [0, 0.05) is 12.7 Å². The lowest BCUT2D eigenvalue weighted by atomic mass is 10.4. The van der Waals surface area contributed by atoms with Crippen molar-refractivity contribution >= 4 is 0 Å². The number of aryl methyl sites for hydroxylation is 3. The van der Waals surface area contributed by atoms with Crippen LogP contribution in [-0.2, 0) is 13.6 Å². The SMILES string of the molecule is Cc1cc(C)n(Cc2ncnn2C)n1. The maximum atomic E-state index is 4.36. The topological polar surface area (TPSA) is 48.5 Å². The largest absolute Gasteiger partial charge is 0.262 e. The summed E-state index contributed by atoms with van der Waals surface area (Å²) in [5.74, 6) is 0.913. The van der Waals surface area contributed by atoms with Crippen molar-refractivity contribution in [2.45, 2.75) is 20.4 Å². The van der Waals surface area contributed by atoms with Crippen LogP contribution in [0.3, 0.4) is 0 Å². The van der Waals surface area contributed by atoms with Crippen molar-refractivity contribution in [1.29, 1.82) is 0 Å². The number of hydrogen-bond acceptors (Lipinski definition) is 3. The Kier molecular flexibility index (Phi) is 2.07. The zero-order valence-corrected chi connectivity index (χ0v) is 8.60. The van der Waals surface area contributed by atoms with Crippen LogP contribution in [0.5, 0.6) is 0 Å². The Balaban J connectivity index is 2.27. The average molecular weight is 191 g/mol. The van der Waals surface area contributed by atoms with Gasteiger partial charge in [0.15, 0.2) is 0 Å². The molecule has 5 nitrogen and oxygen atoms in total. The third kappa shape index (κ3) is 1.53. The van der Waals surface area contributed by atoms with Crippen molar-refractivity contribution in [2.24, 2.45) is 7.05 Å². The maximum absolute atomic E-state index is 4.36. The van der Waals surface area contributed by atoms with Crippen LogP contribution < -0.4 is 0 Å². The summed E-state index contributed by atoms with van der Waals surface area (Å²) in [5.41, 5.74) is 2.18. The first-order chi connectivity index (χ1) is 6.66. The quantitative estimate of drug-likeness (QED) is 0.701. The summed E-state index contributed by atoms with van der Waals surface area (Å²) in [6, 6.07) is 2.05. The summed E-state index contributed by atoms with van der Waals surface area (Å²) >= 11 is 0. The van der Waals surface area contributed by atoms with E-state index in [1.54, 1.807) is 11.0 Å². The van der Waals surface area contributed by atoms with Crippen molar-refractivity contribution in [1.82, 2.24) is 24.5 Å². The third-order valence-corrected chi connectivity index (χ3v) is 2.20. The predicted molar refractivity (Wildman–Crippen MR) is 51.8 cm³/mol. The molecule has 0 aliphatic rings. The molecule has 0 bridgehead atoms. The van der Waals surface area contributed by atoms with Crippen molar-refractivity contribution in [2.75, 3.05) is 0 Å². The molecule has 0 saturated heterocycles. The molecule has 0 aromatic carbocycles. The number of rotatable bonds is 2. The molecule has 5 heteroatoms. The highest BCUT2D eigenvalue weighted by atomic mass is 15.4. The minimum Gasteiger partial charge on any atom is -0.262 e. The van der Waals surface area contributed by atoms with E-state index in [0.29, 0.717) is 6.54 Å². The minimum absolute atomic E-state index is 0.677. The molecule has 0 atom stereocenters. The monoisotopic (exact) mass is 191 g/mol. The molecule has 0 saturated carbocycles. The van der Waals surface area contributed by atoms with Gasteiger partial charge in [-0.05, 0) is 19.9 Å². The molecule has 74 valence electrons. The van der Waals surface area contributed by atoms with Gasteiger partial charge in [-0.25, -0.2) is 4.98 Å². The van der Waals surface area contributed by atoms with Crippen LogP contribution in [0.4, 0.5) is 0 Å². The van der Waals surface area contributed by atoms with Crippen molar-refractivity contribution in [3.63, 3.8) is 0 Å². The summed E-state index contributed by atoms with van der Waals surface area (Å²) in [7, 11) is 1.88. The van der Waals surface area contributed by atoms with Gasteiger partial charge in [-0.3, -0.25) is 9.36 Å². The van der Waals surface area contributed by atoms with Gasteiger partial charge in [-0.15, -0.1) is 0 Å². The molecule has 0 aliphatic heterocycles. The summed E-state index contributed by atoms with van der Waals surface area (Å²) in [6.45, 7) is 4.70. The Bertz CT molecular complexity index is 440. The Morgan fingerprint density at radius 3 is 2.64 bits per heavy atom. The first-order valence-corrected chi connectivity index (χ1v) is 4.51. The van der Waals surface area contributed by atoms with E-state index >= 15 is 0 Å². The lowest BCUT2D eigenvalue weighted by Crippen LogP contribution is -2.09. The molecule has 0 radical (unpaired) electrons. The molecule has 0 amide bonds. The van der Waals surface area contributed by atoms with Gasteiger partial charge in [-0.1, -0.05) is 0 Å². The number of nitrogens with zero attached hydrogens (tertiary/aromatic N) is 5. The van der Waals surface area contributed by atoms with E-state index in [0.717, 1.165) is 17.2 Å². The summed E-state index contributed by atoms with van der Waals surface area (Å²) in [6.07, 6.45) is 1.56. The molecular formula is C9H13N5. The van der Waals surface area contributed by atoms with Crippen LogP contribution in [0.1, 0.15) is 17.2 Å². The highest BCUT2D eigenvalue weighted by Crippen LogP contribution is 2.04. The summed E-state index contributed by atoms with van der Waals surface area (Å²) in [4.78, 5) is 4.15. The smallest absolute Gasteiger partial charge is 0.148 e. The van der Waals surface area contributed by atoms with E-state index in [2.05, 4.69) is 21.2 Å². The van der Waals surface area contributed by atoms with E-state index in [-0.39, 0.29) is 0 Å². The van der Waals surface area contributed by atoms with E-state index in [1.807, 2.05) is 25.6 Å². The van der Waals surface area contributed by atoms with Gasteiger partial charge in [0.05, 0.1) is 5.69 Å². The predicted octanol–water partition coefficient (Wildman–Crippen LogP) is 0.677. The van der Waals surface area contributed by atoms with Crippen molar-refractivity contribution < 1.29 is 0 Å². The molecule has 2 rings (SSSR count). The van der Waals surface area contributed by atoms with E-state index in [1.165, 1.54) is 0 Å². The van der Waals surface area contributed by atoms with Gasteiger partial charge >= 0.3 is 0 Å². The van der Waals surface area contributed by atoms with Crippen LogP contribution in [0.2, 0.25) is 0 Å². The van der Waals surface area contributed by atoms with Crippen LogP contribution in [0.25, 0.3) is 0 Å². The Morgan fingerprint density at radius 1 is 1.36 bits per heavy atom. The molecule has 0 fully saturated rings. The van der Waals surface area contributed by atoms with Crippen molar-refractivity contribution in [3.05, 3.63) is 29.6 Å². The second-order valence-electron chi connectivity index (χ2n) is 3.38. The Hall–Kier alpha value is -1.65.